The third kappa shape index (κ3) is 12.0. The van der Waals surface area contributed by atoms with Gasteiger partial charge in [0, 0.05) is 0 Å². The van der Waals surface area contributed by atoms with E-state index in [2.05, 4.69) is 34.3 Å². The Morgan fingerprint density at radius 2 is 1.75 bits per heavy atom. The Kier molecular flexibility index (Phi) is 11.7. The lowest BCUT2D eigenvalue weighted by Gasteiger charge is -1.94. The van der Waals surface area contributed by atoms with E-state index in [1.165, 1.54) is 17.6 Å². The standard InChI is InChI=1S/C7H14.C5H8/c1-5-7(4)6(2)3;1-3-5-4-2/h5H2,1-4H3;3-5H,1H2,2H3/b;5-4+. The highest BCUT2D eigenvalue weighted by molar-refractivity contribution is 5.05. The highest BCUT2D eigenvalue weighted by Gasteiger charge is 1.82. The third-order valence-corrected chi connectivity index (χ3v) is 1.71. The molecule has 0 N–H and O–H groups in total. The summed E-state index contributed by atoms with van der Waals surface area (Å²) >= 11 is 0. The summed E-state index contributed by atoms with van der Waals surface area (Å²) in [4.78, 5) is 0. The van der Waals surface area contributed by atoms with Gasteiger partial charge in [-0.05, 0) is 34.1 Å². The summed E-state index contributed by atoms with van der Waals surface area (Å²) in [5, 5.41) is 0. The number of hydrogen-bond acceptors (Lipinski definition) is 0. The van der Waals surface area contributed by atoms with Crippen LogP contribution >= 0.6 is 0 Å². The van der Waals surface area contributed by atoms with Crippen molar-refractivity contribution in [3.63, 3.8) is 0 Å². The molecule has 0 heterocycles. The van der Waals surface area contributed by atoms with Crippen LogP contribution in [0.3, 0.4) is 0 Å². The van der Waals surface area contributed by atoms with E-state index in [0.29, 0.717) is 0 Å². The van der Waals surface area contributed by atoms with E-state index in [1.54, 1.807) is 6.08 Å². The fraction of sp³-hybridized carbons (Fsp3) is 0.500. The van der Waals surface area contributed by atoms with Crippen LogP contribution in [0.2, 0.25) is 0 Å². The Balaban J connectivity index is 0. The largest absolute Gasteiger partial charge is 0.0991 e. The van der Waals surface area contributed by atoms with Crippen LogP contribution in [0, 0.1) is 0 Å². The van der Waals surface area contributed by atoms with E-state index in [0.717, 1.165) is 0 Å². The quantitative estimate of drug-likeness (QED) is 0.418. The SMILES string of the molecule is C=C/C=C/C.CCC(C)=C(C)C. The van der Waals surface area contributed by atoms with Gasteiger partial charge in [0.2, 0.25) is 0 Å². The zero-order chi connectivity index (χ0) is 9.98. The van der Waals surface area contributed by atoms with Gasteiger partial charge in [-0.25, -0.2) is 0 Å². The molecule has 0 bridgehead atoms. The van der Waals surface area contributed by atoms with Crippen LogP contribution in [0.15, 0.2) is 36.0 Å². The first-order chi connectivity index (χ1) is 5.59. The summed E-state index contributed by atoms with van der Waals surface area (Å²) in [5.74, 6) is 0. The molecule has 0 aliphatic carbocycles. The lowest BCUT2D eigenvalue weighted by atomic mass is 10.1. The summed E-state index contributed by atoms with van der Waals surface area (Å²) in [6.07, 6.45) is 6.77. The molecule has 12 heavy (non-hydrogen) atoms. The second-order valence-electron chi connectivity index (χ2n) is 2.90. The van der Waals surface area contributed by atoms with Gasteiger partial charge in [0.1, 0.15) is 0 Å². The molecule has 0 saturated heterocycles. The Labute approximate surface area is 77.7 Å². The van der Waals surface area contributed by atoms with Gasteiger partial charge in [0.15, 0.2) is 0 Å². The lowest BCUT2D eigenvalue weighted by molar-refractivity contribution is 1.05. The Morgan fingerprint density at radius 3 is 1.75 bits per heavy atom. The topological polar surface area (TPSA) is 0 Å². The fourth-order valence-corrected chi connectivity index (χ4v) is 0.490. The molecule has 0 heteroatoms. The van der Waals surface area contributed by atoms with Gasteiger partial charge in [0.25, 0.3) is 0 Å². The van der Waals surface area contributed by atoms with Gasteiger partial charge in [0.05, 0.1) is 0 Å². The van der Waals surface area contributed by atoms with Gasteiger partial charge < -0.3 is 0 Å². The normalized spacial score (nSPS) is 8.75. The summed E-state index contributed by atoms with van der Waals surface area (Å²) in [5.41, 5.74) is 2.97. The molecule has 0 unspecified atom stereocenters. The zero-order valence-corrected chi connectivity index (χ0v) is 9.15. The van der Waals surface area contributed by atoms with Crippen LogP contribution in [-0.2, 0) is 0 Å². The Bertz CT molecular complexity index is 155. The molecule has 70 valence electrons. The molecule has 0 rings (SSSR count). The first kappa shape index (κ1) is 13.8. The van der Waals surface area contributed by atoms with E-state index in [4.69, 9.17) is 0 Å². The molecule has 0 amide bonds. The Hall–Kier alpha value is -0.780. The minimum absolute atomic E-state index is 1.20. The monoisotopic (exact) mass is 166 g/mol. The number of hydrogen-bond donors (Lipinski definition) is 0. The smallest absolute Gasteiger partial charge is 0.0349 e. The third-order valence-electron chi connectivity index (χ3n) is 1.71. The van der Waals surface area contributed by atoms with Crippen molar-refractivity contribution in [2.75, 3.05) is 0 Å². The van der Waals surface area contributed by atoms with Crippen LogP contribution in [-0.4, -0.2) is 0 Å². The van der Waals surface area contributed by atoms with Crippen molar-refractivity contribution in [2.45, 2.75) is 41.0 Å². The molecule has 0 spiro atoms. The van der Waals surface area contributed by atoms with E-state index >= 15 is 0 Å². The van der Waals surface area contributed by atoms with Gasteiger partial charge in [-0.3, -0.25) is 0 Å². The minimum Gasteiger partial charge on any atom is -0.0991 e. The minimum atomic E-state index is 1.20. The molecule has 0 aromatic carbocycles. The molecule has 0 aliphatic rings. The zero-order valence-electron chi connectivity index (χ0n) is 9.15. The lowest BCUT2D eigenvalue weighted by Crippen LogP contribution is -1.73. The van der Waals surface area contributed by atoms with E-state index in [1.807, 2.05) is 19.1 Å². The van der Waals surface area contributed by atoms with Crippen LogP contribution in [0.1, 0.15) is 41.0 Å². The van der Waals surface area contributed by atoms with E-state index in [-0.39, 0.29) is 0 Å². The Morgan fingerprint density at radius 1 is 1.25 bits per heavy atom. The average molecular weight is 166 g/mol. The maximum Gasteiger partial charge on any atom is -0.0349 e. The second kappa shape index (κ2) is 10.2. The van der Waals surface area contributed by atoms with Gasteiger partial charge in [-0.1, -0.05) is 42.9 Å². The molecule has 0 fully saturated rings. The molecular weight excluding hydrogens is 144 g/mol. The van der Waals surface area contributed by atoms with Crippen molar-refractivity contribution in [1.29, 1.82) is 0 Å². The van der Waals surface area contributed by atoms with Crippen molar-refractivity contribution in [2.24, 2.45) is 0 Å². The molecule has 0 saturated carbocycles. The molecule has 0 aliphatic heterocycles. The van der Waals surface area contributed by atoms with E-state index < -0.39 is 0 Å². The van der Waals surface area contributed by atoms with Gasteiger partial charge >= 0.3 is 0 Å². The summed E-state index contributed by atoms with van der Waals surface area (Å²) in [6, 6.07) is 0. The first-order valence-corrected chi connectivity index (χ1v) is 4.46. The maximum absolute atomic E-state index is 3.46. The predicted octanol–water partition coefficient (Wildman–Crippen LogP) is 4.50. The van der Waals surface area contributed by atoms with Gasteiger partial charge in [-0.15, -0.1) is 0 Å². The fourth-order valence-electron chi connectivity index (χ4n) is 0.490. The molecule has 0 aromatic heterocycles. The predicted molar refractivity (Wildman–Crippen MR) is 59.4 cm³/mol. The maximum atomic E-state index is 3.46. The van der Waals surface area contributed by atoms with Crippen molar-refractivity contribution >= 4 is 0 Å². The van der Waals surface area contributed by atoms with E-state index in [9.17, 15) is 0 Å². The summed E-state index contributed by atoms with van der Waals surface area (Å²) < 4.78 is 0. The molecule has 0 radical (unpaired) electrons. The second-order valence-corrected chi connectivity index (χ2v) is 2.90. The van der Waals surface area contributed by atoms with Crippen molar-refractivity contribution in [3.8, 4) is 0 Å². The molecule has 0 nitrogen and oxygen atoms in total. The summed E-state index contributed by atoms with van der Waals surface area (Å²) in [7, 11) is 0. The molecular formula is C12H22. The number of allylic oxidation sites excluding steroid dienone is 5. The number of rotatable bonds is 2. The highest BCUT2D eigenvalue weighted by Crippen LogP contribution is 2.04. The van der Waals surface area contributed by atoms with Crippen LogP contribution in [0.4, 0.5) is 0 Å². The van der Waals surface area contributed by atoms with Crippen LogP contribution in [0.5, 0.6) is 0 Å². The first-order valence-electron chi connectivity index (χ1n) is 4.46. The van der Waals surface area contributed by atoms with Crippen molar-refractivity contribution in [1.82, 2.24) is 0 Å². The molecule has 0 aromatic rings. The van der Waals surface area contributed by atoms with Crippen LogP contribution < -0.4 is 0 Å². The highest BCUT2D eigenvalue weighted by atomic mass is 13.9. The van der Waals surface area contributed by atoms with Crippen molar-refractivity contribution in [3.05, 3.63) is 36.0 Å². The van der Waals surface area contributed by atoms with Gasteiger partial charge in [-0.2, -0.15) is 0 Å². The average Bonchev–Trinajstić information content (AvgIpc) is 2.05. The van der Waals surface area contributed by atoms with Crippen molar-refractivity contribution < 1.29 is 0 Å². The molecule has 0 atom stereocenters. The van der Waals surface area contributed by atoms with Crippen LogP contribution in [0.25, 0.3) is 0 Å². The summed E-state index contributed by atoms with van der Waals surface area (Å²) in [6.45, 7) is 14.1.